The number of hydrogen-bond donors (Lipinski definition) is 0. The predicted octanol–water partition coefficient (Wildman–Crippen LogP) is 15.9. The first-order valence-electron chi connectivity index (χ1n) is 22.4. The molecule has 0 amide bonds. The molecule has 0 radical (unpaired) electrons. The van der Waals surface area contributed by atoms with Gasteiger partial charge in [-0.15, -0.1) is 0 Å². The molecule has 1 spiro atoms. The van der Waals surface area contributed by atoms with E-state index in [2.05, 4.69) is 235 Å². The normalized spacial score (nSPS) is 14.2. The van der Waals surface area contributed by atoms with Crippen molar-refractivity contribution in [1.29, 1.82) is 0 Å². The van der Waals surface area contributed by atoms with E-state index in [0.717, 1.165) is 61.6 Å². The van der Waals surface area contributed by atoms with E-state index in [1.54, 1.807) is 0 Å². The van der Waals surface area contributed by atoms with Crippen molar-refractivity contribution >= 4 is 39.0 Å². The summed E-state index contributed by atoms with van der Waals surface area (Å²) >= 11 is 0. The molecule has 3 nitrogen and oxygen atoms in total. The Labute approximate surface area is 377 Å². The van der Waals surface area contributed by atoms with E-state index < -0.39 is 10.8 Å². The molecule has 0 fully saturated rings. The Hall–Kier alpha value is -8.40. The quantitative estimate of drug-likeness (QED) is 0.173. The lowest BCUT2D eigenvalue weighted by Crippen LogP contribution is -2.32. The molecule has 0 bridgehead atoms. The van der Waals surface area contributed by atoms with Crippen molar-refractivity contribution in [1.82, 2.24) is 0 Å². The van der Waals surface area contributed by atoms with Gasteiger partial charge in [0.15, 0.2) is 0 Å². The van der Waals surface area contributed by atoms with Crippen LogP contribution in [0.15, 0.2) is 241 Å². The van der Waals surface area contributed by atoms with Gasteiger partial charge in [0.05, 0.1) is 10.8 Å². The third-order valence-corrected chi connectivity index (χ3v) is 14.4. The average molecular weight is 830 g/mol. The fourth-order valence-electron chi connectivity index (χ4n) is 11.9. The number of ether oxygens (including phenoxy) is 1. The second kappa shape index (κ2) is 13.6. The van der Waals surface area contributed by atoms with Crippen LogP contribution in [0, 0.1) is 0 Å². The highest BCUT2D eigenvalue weighted by Crippen LogP contribution is 2.63. The van der Waals surface area contributed by atoms with E-state index >= 15 is 0 Å². The van der Waals surface area contributed by atoms with Gasteiger partial charge in [-0.3, -0.25) is 0 Å². The lowest BCUT2D eigenvalue weighted by molar-refractivity contribution is 0.436. The van der Waals surface area contributed by atoms with E-state index in [-0.39, 0.29) is 0 Å². The summed E-state index contributed by atoms with van der Waals surface area (Å²) in [6.07, 6.45) is 0. The van der Waals surface area contributed by atoms with Gasteiger partial charge in [0.25, 0.3) is 0 Å². The van der Waals surface area contributed by atoms with Crippen molar-refractivity contribution in [2.75, 3.05) is 4.90 Å². The van der Waals surface area contributed by atoms with Crippen LogP contribution in [0.4, 0.5) is 17.1 Å². The van der Waals surface area contributed by atoms with Gasteiger partial charge < -0.3 is 14.1 Å². The van der Waals surface area contributed by atoms with Crippen LogP contribution in [0.25, 0.3) is 44.2 Å². The predicted molar refractivity (Wildman–Crippen MR) is 263 cm³/mol. The molecule has 3 heteroatoms. The number of furan rings is 1. The lowest BCUT2D eigenvalue weighted by Gasteiger charge is -2.40. The molecule has 2 aliphatic carbocycles. The summed E-state index contributed by atoms with van der Waals surface area (Å²) in [5.74, 6) is 1.73. The highest BCUT2D eigenvalue weighted by molar-refractivity contribution is 6.06. The number of rotatable bonds is 5. The van der Waals surface area contributed by atoms with Crippen molar-refractivity contribution in [3.05, 3.63) is 281 Å². The van der Waals surface area contributed by atoms with Gasteiger partial charge in [-0.2, -0.15) is 0 Å². The summed E-state index contributed by atoms with van der Waals surface area (Å²) in [6.45, 7) is 0. The van der Waals surface area contributed by atoms with Gasteiger partial charge in [0.2, 0.25) is 0 Å². The number of nitrogens with zero attached hydrogens (tertiary/aromatic N) is 1. The zero-order valence-corrected chi connectivity index (χ0v) is 35.3. The van der Waals surface area contributed by atoms with E-state index in [4.69, 9.17) is 9.15 Å². The summed E-state index contributed by atoms with van der Waals surface area (Å²) in [4.78, 5) is 2.41. The smallest absolute Gasteiger partial charge is 0.137 e. The van der Waals surface area contributed by atoms with Crippen LogP contribution in [-0.2, 0) is 10.8 Å². The Morgan fingerprint density at radius 2 is 0.785 bits per heavy atom. The standard InChI is InChI=1S/C62H39NO2/c1-2-17-40(18-3-1)61(51-26-9-4-21-45(51)46-22-5-10-27-52(46)61)41-19-16-20-42(37-41)63(44-33-35-50-49-25-8-14-31-57(49)64-60(50)39-44)43-34-36-59-56(38-43)62(55-30-13-15-32-58(55)65-59)53-28-11-6-23-47(53)48-24-7-12-29-54(48)62/h1-39H. The molecule has 14 rings (SSSR count). The minimum absolute atomic E-state index is 0.562. The zero-order chi connectivity index (χ0) is 42.7. The van der Waals surface area contributed by atoms with E-state index in [1.165, 1.54) is 55.6 Å². The Bertz CT molecular complexity index is 3640. The van der Waals surface area contributed by atoms with Crippen LogP contribution in [-0.4, -0.2) is 0 Å². The molecule has 304 valence electrons. The topological polar surface area (TPSA) is 25.6 Å². The van der Waals surface area contributed by atoms with Crippen molar-refractivity contribution in [3.63, 3.8) is 0 Å². The molecule has 0 atom stereocenters. The SMILES string of the molecule is c1ccc(C2(c3cccc(N(c4ccc5c(c4)C4(c6ccccc6O5)c5ccccc5-c5ccccc54)c4ccc5c(c4)oc4ccccc45)c3)c3ccccc3-c3ccccc32)cc1. The fraction of sp³-hybridized carbons (Fsp3) is 0.0323. The van der Waals surface area contributed by atoms with Crippen LogP contribution in [0.2, 0.25) is 0 Å². The second-order valence-electron chi connectivity index (χ2n) is 17.5. The molecule has 0 unspecified atom stereocenters. The highest BCUT2D eigenvalue weighted by Gasteiger charge is 2.51. The van der Waals surface area contributed by atoms with Crippen molar-refractivity contribution in [2.45, 2.75) is 10.8 Å². The Kier molecular flexibility index (Phi) is 7.53. The molecule has 3 aliphatic rings. The van der Waals surface area contributed by atoms with E-state index in [0.29, 0.717) is 0 Å². The molecule has 0 N–H and O–H groups in total. The number of para-hydroxylation sites is 2. The van der Waals surface area contributed by atoms with Crippen molar-refractivity contribution in [3.8, 4) is 33.8 Å². The van der Waals surface area contributed by atoms with Gasteiger partial charge in [0.1, 0.15) is 22.7 Å². The monoisotopic (exact) mass is 829 g/mol. The summed E-state index contributed by atoms with van der Waals surface area (Å²) in [5, 5.41) is 2.20. The van der Waals surface area contributed by atoms with Crippen LogP contribution in [0.3, 0.4) is 0 Å². The second-order valence-corrected chi connectivity index (χ2v) is 17.5. The average Bonchev–Trinajstić information content (AvgIpc) is 4.00. The van der Waals surface area contributed by atoms with Crippen LogP contribution < -0.4 is 9.64 Å². The fourth-order valence-corrected chi connectivity index (χ4v) is 11.9. The van der Waals surface area contributed by atoms with Crippen molar-refractivity contribution in [2.24, 2.45) is 0 Å². The minimum Gasteiger partial charge on any atom is -0.457 e. The number of hydrogen-bond acceptors (Lipinski definition) is 3. The molecular formula is C62H39NO2. The Morgan fingerprint density at radius 1 is 0.292 bits per heavy atom. The van der Waals surface area contributed by atoms with Crippen molar-refractivity contribution < 1.29 is 9.15 Å². The first kappa shape index (κ1) is 36.1. The third kappa shape index (κ3) is 4.84. The van der Waals surface area contributed by atoms with E-state index in [9.17, 15) is 0 Å². The van der Waals surface area contributed by atoms with Crippen LogP contribution in [0.5, 0.6) is 11.5 Å². The van der Waals surface area contributed by atoms with Gasteiger partial charge in [-0.25, -0.2) is 0 Å². The maximum Gasteiger partial charge on any atom is 0.137 e. The molecule has 65 heavy (non-hydrogen) atoms. The maximum absolute atomic E-state index is 6.91. The van der Waals surface area contributed by atoms with Gasteiger partial charge in [0, 0.05) is 45.0 Å². The summed E-state index contributed by atoms with van der Waals surface area (Å²) < 4.78 is 13.5. The first-order chi connectivity index (χ1) is 32.2. The largest absolute Gasteiger partial charge is 0.457 e. The molecular weight excluding hydrogens is 791 g/mol. The lowest BCUT2D eigenvalue weighted by atomic mass is 9.66. The third-order valence-electron chi connectivity index (χ3n) is 14.4. The van der Waals surface area contributed by atoms with Gasteiger partial charge in [-0.1, -0.05) is 176 Å². The molecule has 0 saturated carbocycles. The molecule has 2 heterocycles. The molecule has 1 aliphatic heterocycles. The number of benzene rings is 10. The molecule has 10 aromatic carbocycles. The van der Waals surface area contributed by atoms with Crippen LogP contribution >= 0.6 is 0 Å². The summed E-state index contributed by atoms with van der Waals surface area (Å²) in [7, 11) is 0. The molecule has 11 aromatic rings. The molecule has 0 saturated heterocycles. The summed E-state index contributed by atoms with van der Waals surface area (Å²) in [6, 6.07) is 86.3. The Balaban J connectivity index is 1.05. The number of fused-ring (bicyclic) bond motifs is 15. The van der Waals surface area contributed by atoms with E-state index in [1.807, 2.05) is 6.07 Å². The summed E-state index contributed by atoms with van der Waals surface area (Å²) in [5.41, 5.74) is 18.4. The Morgan fingerprint density at radius 3 is 1.48 bits per heavy atom. The maximum atomic E-state index is 6.91. The van der Waals surface area contributed by atoms with Crippen LogP contribution in [0.1, 0.15) is 44.5 Å². The number of anilines is 3. The highest BCUT2D eigenvalue weighted by atomic mass is 16.5. The first-order valence-corrected chi connectivity index (χ1v) is 22.4. The van der Waals surface area contributed by atoms with Gasteiger partial charge >= 0.3 is 0 Å². The zero-order valence-electron chi connectivity index (χ0n) is 35.3. The minimum atomic E-state index is -0.613. The van der Waals surface area contributed by atoms with Gasteiger partial charge in [-0.05, 0) is 110 Å². The molecule has 1 aromatic heterocycles.